The third-order valence-electron chi connectivity index (χ3n) is 5.77. The normalized spacial score (nSPS) is 16.3. The summed E-state index contributed by atoms with van der Waals surface area (Å²) in [6, 6.07) is 12.1. The molecule has 1 aliphatic rings. The molecule has 0 saturated carbocycles. The van der Waals surface area contributed by atoms with E-state index in [2.05, 4.69) is 15.3 Å². The highest BCUT2D eigenvalue weighted by molar-refractivity contribution is 5.81. The van der Waals surface area contributed by atoms with Gasteiger partial charge in [0.25, 0.3) is 0 Å². The van der Waals surface area contributed by atoms with Gasteiger partial charge in [-0.15, -0.1) is 0 Å². The predicted molar refractivity (Wildman–Crippen MR) is 121 cm³/mol. The quantitative estimate of drug-likeness (QED) is 0.493. The minimum atomic E-state index is -0.323. The molecule has 7 nitrogen and oxygen atoms in total. The summed E-state index contributed by atoms with van der Waals surface area (Å²) in [6.45, 7) is 2.94. The number of halogens is 1. The van der Waals surface area contributed by atoms with E-state index >= 15 is 0 Å². The summed E-state index contributed by atoms with van der Waals surface area (Å²) < 4.78 is 13.7. The number of H-pyrrole nitrogens is 1. The number of rotatable bonds is 4. The first-order valence-electron chi connectivity index (χ1n) is 10.7. The van der Waals surface area contributed by atoms with Crippen molar-refractivity contribution in [1.29, 1.82) is 0 Å². The molecule has 0 radical (unpaired) electrons. The molecule has 32 heavy (non-hydrogen) atoms. The molecule has 4 heterocycles. The number of carbonyl (C=O) groups excluding carboxylic acids is 1. The highest BCUT2D eigenvalue weighted by Crippen LogP contribution is 2.30. The molecule has 3 aromatic heterocycles. The lowest BCUT2D eigenvalue weighted by Crippen LogP contribution is -2.38. The Morgan fingerprint density at radius 2 is 2.12 bits per heavy atom. The van der Waals surface area contributed by atoms with Crippen LogP contribution in [0.4, 0.5) is 15.9 Å². The van der Waals surface area contributed by atoms with Crippen LogP contribution in [-0.4, -0.2) is 43.8 Å². The average Bonchev–Trinajstić information content (AvgIpc) is 3.27. The maximum Gasteiger partial charge on any atom is 0.219 e. The van der Waals surface area contributed by atoms with Crippen molar-refractivity contribution in [2.75, 3.05) is 18.4 Å². The molecule has 1 aromatic carbocycles. The number of carbonyl (C=O) groups is 1. The number of nitrogens with zero attached hydrogens (tertiary/aromatic N) is 4. The topological polar surface area (TPSA) is 86.8 Å². The van der Waals surface area contributed by atoms with Crippen LogP contribution in [0.1, 0.15) is 31.5 Å². The molecule has 1 aliphatic heterocycles. The summed E-state index contributed by atoms with van der Waals surface area (Å²) in [7, 11) is 0. The van der Waals surface area contributed by atoms with Gasteiger partial charge in [0.05, 0.1) is 5.69 Å². The van der Waals surface area contributed by atoms with E-state index in [1.807, 2.05) is 29.3 Å². The smallest absolute Gasteiger partial charge is 0.219 e. The average molecular weight is 430 g/mol. The van der Waals surface area contributed by atoms with E-state index in [0.29, 0.717) is 23.9 Å². The molecule has 4 aromatic rings. The predicted octanol–water partition coefficient (Wildman–Crippen LogP) is 4.63. The molecule has 1 saturated heterocycles. The number of hydrogen-bond donors (Lipinski definition) is 2. The van der Waals surface area contributed by atoms with Crippen LogP contribution in [0, 0.1) is 5.82 Å². The Labute approximate surface area is 184 Å². The van der Waals surface area contributed by atoms with Crippen LogP contribution in [-0.2, 0) is 4.79 Å². The van der Waals surface area contributed by atoms with Gasteiger partial charge in [-0.25, -0.2) is 19.3 Å². The number of fused-ring (bicyclic) bond motifs is 1. The number of aromatic nitrogens is 4. The van der Waals surface area contributed by atoms with Gasteiger partial charge >= 0.3 is 0 Å². The van der Waals surface area contributed by atoms with Crippen molar-refractivity contribution in [3.8, 4) is 11.3 Å². The van der Waals surface area contributed by atoms with Crippen LogP contribution in [0.3, 0.4) is 0 Å². The number of likely N-dealkylation sites (tertiary alicyclic amines) is 1. The van der Waals surface area contributed by atoms with Crippen LogP contribution in [0.2, 0.25) is 0 Å². The number of aromatic amines is 1. The number of benzene rings is 1. The van der Waals surface area contributed by atoms with E-state index in [-0.39, 0.29) is 17.6 Å². The maximum atomic E-state index is 13.7. The van der Waals surface area contributed by atoms with Crippen LogP contribution >= 0.6 is 0 Å². The van der Waals surface area contributed by atoms with Crippen molar-refractivity contribution in [3.63, 3.8) is 0 Å². The Morgan fingerprint density at radius 1 is 1.22 bits per heavy atom. The molecule has 5 rings (SSSR count). The summed E-state index contributed by atoms with van der Waals surface area (Å²) in [6.07, 6.45) is 5.44. The monoisotopic (exact) mass is 430 g/mol. The van der Waals surface area contributed by atoms with Gasteiger partial charge in [0.15, 0.2) is 0 Å². The van der Waals surface area contributed by atoms with Crippen LogP contribution in [0.25, 0.3) is 22.3 Å². The summed E-state index contributed by atoms with van der Waals surface area (Å²) in [5.74, 6) is 1.01. The SMILES string of the molecule is CC(=O)N1CCCC(c2nc(Nc3cccc(F)c3)cc(-c3cnc4[nH]ccc4c3)n2)C1. The fraction of sp³-hybridized carbons (Fsp3) is 0.250. The van der Waals surface area contributed by atoms with E-state index in [4.69, 9.17) is 9.97 Å². The largest absolute Gasteiger partial charge is 0.346 e. The minimum absolute atomic E-state index is 0.0320. The molecule has 0 bridgehead atoms. The van der Waals surface area contributed by atoms with Crippen LogP contribution in [0.15, 0.2) is 54.9 Å². The second-order valence-electron chi connectivity index (χ2n) is 8.08. The Hall–Kier alpha value is -3.81. The molecule has 0 spiro atoms. The number of nitrogens with one attached hydrogen (secondary N) is 2. The van der Waals surface area contributed by atoms with Crippen molar-refractivity contribution in [2.45, 2.75) is 25.7 Å². The molecule has 162 valence electrons. The summed E-state index contributed by atoms with van der Waals surface area (Å²) in [5, 5.41) is 4.19. The first-order chi connectivity index (χ1) is 15.5. The molecule has 1 fully saturated rings. The molecular weight excluding hydrogens is 407 g/mol. The van der Waals surface area contributed by atoms with Crippen LogP contribution in [0.5, 0.6) is 0 Å². The van der Waals surface area contributed by atoms with Gasteiger partial charge in [0.1, 0.15) is 23.1 Å². The maximum absolute atomic E-state index is 13.7. The fourth-order valence-corrected chi connectivity index (χ4v) is 4.13. The lowest BCUT2D eigenvalue weighted by atomic mass is 9.97. The van der Waals surface area contributed by atoms with Crippen molar-refractivity contribution >= 4 is 28.4 Å². The van der Waals surface area contributed by atoms with Gasteiger partial charge in [-0.3, -0.25) is 4.79 Å². The molecule has 1 unspecified atom stereocenters. The zero-order chi connectivity index (χ0) is 22.1. The lowest BCUT2D eigenvalue weighted by molar-refractivity contribution is -0.130. The summed E-state index contributed by atoms with van der Waals surface area (Å²) in [5.41, 5.74) is 3.01. The second-order valence-corrected chi connectivity index (χ2v) is 8.08. The van der Waals surface area contributed by atoms with Gasteiger partial charge < -0.3 is 15.2 Å². The van der Waals surface area contributed by atoms with Gasteiger partial charge in [-0.1, -0.05) is 6.07 Å². The Kier molecular flexibility index (Phi) is 5.26. The number of amides is 1. The number of hydrogen-bond acceptors (Lipinski definition) is 5. The van der Waals surface area contributed by atoms with E-state index in [0.717, 1.165) is 41.7 Å². The van der Waals surface area contributed by atoms with Gasteiger partial charge in [-0.05, 0) is 43.2 Å². The molecule has 1 atom stereocenters. The van der Waals surface area contributed by atoms with Crippen molar-refractivity contribution in [1.82, 2.24) is 24.8 Å². The molecule has 8 heteroatoms. The Morgan fingerprint density at radius 3 is 2.97 bits per heavy atom. The number of pyridine rings is 1. The van der Waals surface area contributed by atoms with E-state index in [9.17, 15) is 9.18 Å². The first-order valence-corrected chi connectivity index (χ1v) is 10.7. The Balaban J connectivity index is 1.55. The molecule has 1 amide bonds. The van der Waals surface area contributed by atoms with Crippen molar-refractivity contribution in [3.05, 3.63) is 66.5 Å². The number of anilines is 2. The van der Waals surface area contributed by atoms with Crippen molar-refractivity contribution in [2.24, 2.45) is 0 Å². The fourth-order valence-electron chi connectivity index (χ4n) is 4.13. The number of piperidine rings is 1. The van der Waals surface area contributed by atoms with E-state index in [1.165, 1.54) is 12.1 Å². The Bertz CT molecular complexity index is 1290. The minimum Gasteiger partial charge on any atom is -0.346 e. The summed E-state index contributed by atoms with van der Waals surface area (Å²) >= 11 is 0. The zero-order valence-electron chi connectivity index (χ0n) is 17.7. The third-order valence-corrected chi connectivity index (χ3v) is 5.77. The molecular formula is C24H23FN6O. The molecule has 0 aliphatic carbocycles. The van der Waals surface area contributed by atoms with Gasteiger partial charge in [-0.2, -0.15) is 0 Å². The zero-order valence-corrected chi connectivity index (χ0v) is 17.7. The second kappa shape index (κ2) is 8.37. The summed E-state index contributed by atoms with van der Waals surface area (Å²) in [4.78, 5) is 31.0. The highest BCUT2D eigenvalue weighted by Gasteiger charge is 2.26. The standard InChI is InChI=1S/C24H23FN6O/c1-15(32)31-9-3-4-17(14-31)24-29-21(18-10-16-7-8-26-23(16)27-13-18)12-22(30-24)28-20-6-2-5-19(25)11-20/h2,5-8,10-13,17H,3-4,9,14H2,1H3,(H,26,27)(H,28,29,30). The van der Waals surface area contributed by atoms with E-state index in [1.54, 1.807) is 25.3 Å². The van der Waals surface area contributed by atoms with Gasteiger partial charge in [0, 0.05) is 61.0 Å². The highest BCUT2D eigenvalue weighted by atomic mass is 19.1. The lowest BCUT2D eigenvalue weighted by Gasteiger charge is -2.31. The third kappa shape index (κ3) is 4.16. The molecule has 2 N–H and O–H groups in total. The van der Waals surface area contributed by atoms with E-state index < -0.39 is 0 Å². The van der Waals surface area contributed by atoms with Gasteiger partial charge in [0.2, 0.25) is 5.91 Å². The first kappa shape index (κ1) is 20.1. The van der Waals surface area contributed by atoms with Crippen molar-refractivity contribution < 1.29 is 9.18 Å². The van der Waals surface area contributed by atoms with Crippen LogP contribution < -0.4 is 5.32 Å².